The predicted octanol–water partition coefficient (Wildman–Crippen LogP) is 4.65. The summed E-state index contributed by atoms with van der Waals surface area (Å²) in [6.45, 7) is 0.519. The highest BCUT2D eigenvalue weighted by Crippen LogP contribution is 2.31. The van der Waals surface area contributed by atoms with Crippen molar-refractivity contribution in [1.82, 2.24) is 20.4 Å². The van der Waals surface area contributed by atoms with Crippen molar-refractivity contribution in [3.05, 3.63) is 83.3 Å². The van der Waals surface area contributed by atoms with E-state index in [1.807, 2.05) is 24.3 Å². The molecule has 0 saturated heterocycles. The van der Waals surface area contributed by atoms with Crippen LogP contribution in [0.1, 0.15) is 28.6 Å². The zero-order valence-electron chi connectivity index (χ0n) is 14.6. The molecule has 0 spiro atoms. The SMILES string of the molecule is FN(Cc1cc(-c2ccc(C(F)(F)F)cn2)ccn1)C1NCc2ccccc21. The maximum atomic E-state index is 14.8. The number of nitrogens with zero attached hydrogens (tertiary/aromatic N) is 3. The Morgan fingerprint density at radius 1 is 1.07 bits per heavy atom. The van der Waals surface area contributed by atoms with Crippen LogP contribution >= 0.6 is 0 Å². The molecule has 0 aliphatic carbocycles. The zero-order valence-corrected chi connectivity index (χ0v) is 14.6. The highest BCUT2D eigenvalue weighted by Gasteiger charge is 2.31. The number of benzene rings is 1. The van der Waals surface area contributed by atoms with Gasteiger partial charge in [0.15, 0.2) is 0 Å². The number of pyridine rings is 2. The molecule has 0 bridgehead atoms. The second-order valence-electron chi connectivity index (χ2n) is 6.51. The molecule has 8 heteroatoms. The fraction of sp³-hybridized carbons (Fsp3) is 0.200. The topological polar surface area (TPSA) is 41.1 Å². The number of hydrogen-bond donors (Lipinski definition) is 1. The third-order valence-electron chi connectivity index (χ3n) is 4.63. The first-order valence-electron chi connectivity index (χ1n) is 8.64. The number of nitrogens with one attached hydrogen (secondary N) is 1. The van der Waals surface area contributed by atoms with Crippen LogP contribution in [0.3, 0.4) is 0 Å². The number of rotatable bonds is 4. The summed E-state index contributed by atoms with van der Waals surface area (Å²) in [7, 11) is 0. The summed E-state index contributed by atoms with van der Waals surface area (Å²) in [5.41, 5.74) is 2.51. The first-order chi connectivity index (χ1) is 13.4. The lowest BCUT2D eigenvalue weighted by molar-refractivity contribution is -0.137. The summed E-state index contributed by atoms with van der Waals surface area (Å²) in [6.07, 6.45) is -2.72. The van der Waals surface area contributed by atoms with Crippen molar-refractivity contribution in [1.29, 1.82) is 0 Å². The number of aromatic nitrogens is 2. The van der Waals surface area contributed by atoms with Crippen LogP contribution in [0.4, 0.5) is 17.7 Å². The van der Waals surface area contributed by atoms with E-state index in [0.717, 1.165) is 23.4 Å². The lowest BCUT2D eigenvalue weighted by Gasteiger charge is -2.20. The van der Waals surface area contributed by atoms with Crippen LogP contribution in [0.15, 0.2) is 60.9 Å². The molecule has 3 heterocycles. The Morgan fingerprint density at radius 2 is 1.89 bits per heavy atom. The second kappa shape index (κ2) is 7.29. The first-order valence-corrected chi connectivity index (χ1v) is 8.64. The predicted molar refractivity (Wildman–Crippen MR) is 95.1 cm³/mol. The normalized spacial score (nSPS) is 16.4. The van der Waals surface area contributed by atoms with E-state index < -0.39 is 17.9 Å². The molecule has 1 aliphatic rings. The Hall–Kier alpha value is -2.84. The maximum absolute atomic E-state index is 14.8. The van der Waals surface area contributed by atoms with Crippen molar-refractivity contribution in [2.45, 2.75) is 25.4 Å². The molecule has 4 rings (SSSR count). The minimum atomic E-state index is -4.44. The fourth-order valence-corrected chi connectivity index (χ4v) is 3.23. The first kappa shape index (κ1) is 18.5. The quantitative estimate of drug-likeness (QED) is 0.522. The van der Waals surface area contributed by atoms with Crippen LogP contribution in [0.2, 0.25) is 0 Å². The molecule has 1 atom stereocenters. The number of alkyl halides is 3. The van der Waals surface area contributed by atoms with Crippen LogP contribution in [0, 0.1) is 0 Å². The van der Waals surface area contributed by atoms with Crippen molar-refractivity contribution < 1.29 is 17.7 Å². The summed E-state index contributed by atoms with van der Waals surface area (Å²) in [5.74, 6) is 0. The number of hydrogen-bond acceptors (Lipinski definition) is 4. The summed E-state index contributed by atoms with van der Waals surface area (Å²) < 4.78 is 52.8. The van der Waals surface area contributed by atoms with Crippen LogP contribution in [0.5, 0.6) is 0 Å². The third kappa shape index (κ3) is 3.74. The lowest BCUT2D eigenvalue weighted by atomic mass is 10.1. The number of halogens is 4. The van der Waals surface area contributed by atoms with Gasteiger partial charge in [0.25, 0.3) is 0 Å². The van der Waals surface area contributed by atoms with Crippen molar-refractivity contribution in [2.24, 2.45) is 0 Å². The van der Waals surface area contributed by atoms with E-state index in [-0.39, 0.29) is 6.54 Å². The van der Waals surface area contributed by atoms with E-state index in [9.17, 15) is 17.7 Å². The highest BCUT2D eigenvalue weighted by atomic mass is 19.4. The Labute approximate surface area is 158 Å². The largest absolute Gasteiger partial charge is 0.417 e. The Bertz CT molecular complexity index is 972. The van der Waals surface area contributed by atoms with Gasteiger partial charge in [-0.25, -0.2) is 0 Å². The van der Waals surface area contributed by atoms with Gasteiger partial charge in [-0.05, 0) is 35.4 Å². The maximum Gasteiger partial charge on any atom is 0.417 e. The van der Waals surface area contributed by atoms with Gasteiger partial charge >= 0.3 is 6.18 Å². The van der Waals surface area contributed by atoms with Gasteiger partial charge in [-0.15, -0.1) is 9.60 Å². The van der Waals surface area contributed by atoms with Gasteiger partial charge in [-0.1, -0.05) is 24.3 Å². The van der Waals surface area contributed by atoms with Gasteiger partial charge in [0.1, 0.15) is 6.17 Å². The van der Waals surface area contributed by atoms with Crippen LogP contribution in [-0.4, -0.2) is 15.1 Å². The third-order valence-corrected chi connectivity index (χ3v) is 4.63. The van der Waals surface area contributed by atoms with E-state index >= 15 is 0 Å². The van der Waals surface area contributed by atoms with Gasteiger partial charge in [-0.2, -0.15) is 13.2 Å². The molecule has 4 nitrogen and oxygen atoms in total. The van der Waals surface area contributed by atoms with E-state index in [1.54, 1.807) is 12.1 Å². The lowest BCUT2D eigenvalue weighted by Crippen LogP contribution is -2.28. The monoisotopic (exact) mass is 388 g/mol. The average molecular weight is 388 g/mol. The molecule has 1 unspecified atom stereocenters. The van der Waals surface area contributed by atoms with E-state index in [2.05, 4.69) is 15.3 Å². The highest BCUT2D eigenvalue weighted by molar-refractivity contribution is 5.59. The minimum Gasteiger partial charge on any atom is -0.292 e. The minimum absolute atomic E-state index is 0.0690. The molecule has 1 aromatic carbocycles. The number of fused-ring (bicyclic) bond motifs is 1. The summed E-state index contributed by atoms with van der Waals surface area (Å²) in [4.78, 5) is 8.05. The molecule has 1 N–H and O–H groups in total. The fourth-order valence-electron chi connectivity index (χ4n) is 3.23. The van der Waals surface area contributed by atoms with Crippen LogP contribution in [-0.2, 0) is 19.3 Å². The van der Waals surface area contributed by atoms with Crippen LogP contribution in [0.25, 0.3) is 11.3 Å². The van der Waals surface area contributed by atoms with Crippen LogP contribution < -0.4 is 5.32 Å². The molecule has 0 saturated carbocycles. The van der Waals surface area contributed by atoms with Gasteiger partial charge in [0.2, 0.25) is 0 Å². The van der Waals surface area contributed by atoms with Crippen molar-refractivity contribution >= 4 is 0 Å². The molecule has 28 heavy (non-hydrogen) atoms. The Kier molecular flexibility index (Phi) is 4.82. The molecule has 0 radical (unpaired) electrons. The smallest absolute Gasteiger partial charge is 0.292 e. The van der Waals surface area contributed by atoms with Crippen molar-refractivity contribution in [3.63, 3.8) is 0 Å². The van der Waals surface area contributed by atoms with Crippen molar-refractivity contribution in [3.8, 4) is 11.3 Å². The molecule has 144 valence electrons. The Morgan fingerprint density at radius 3 is 2.64 bits per heavy atom. The van der Waals surface area contributed by atoms with E-state index in [0.29, 0.717) is 28.6 Å². The summed E-state index contributed by atoms with van der Waals surface area (Å²) >= 11 is 0. The molecule has 3 aromatic rings. The van der Waals surface area contributed by atoms with Gasteiger partial charge in [0.05, 0.1) is 23.5 Å². The molecule has 1 aliphatic heterocycles. The van der Waals surface area contributed by atoms with E-state index in [1.165, 1.54) is 12.3 Å². The second-order valence-corrected chi connectivity index (χ2v) is 6.51. The van der Waals surface area contributed by atoms with Gasteiger partial charge in [-0.3, -0.25) is 15.3 Å². The summed E-state index contributed by atoms with van der Waals surface area (Å²) in [6, 6.07) is 13.1. The van der Waals surface area contributed by atoms with Gasteiger partial charge in [0, 0.05) is 24.5 Å². The zero-order chi connectivity index (χ0) is 19.7. The molecular weight excluding hydrogens is 372 g/mol. The van der Waals surface area contributed by atoms with E-state index in [4.69, 9.17) is 0 Å². The standard InChI is InChI=1S/C20H16F4N4/c21-20(22,23)15-5-6-18(26-11-15)13-7-8-25-16(9-13)12-28(24)19-17-4-2-1-3-14(17)10-27-19/h1-9,11,19,27H,10,12H2. The molecular formula is C20H16F4N4. The average Bonchev–Trinajstić information content (AvgIpc) is 3.12. The molecule has 0 fully saturated rings. The van der Waals surface area contributed by atoms with Gasteiger partial charge < -0.3 is 0 Å². The van der Waals surface area contributed by atoms with Crippen molar-refractivity contribution in [2.75, 3.05) is 0 Å². The summed E-state index contributed by atoms with van der Waals surface area (Å²) in [5, 5.41) is 3.78. The Balaban J connectivity index is 1.51. The molecule has 2 aromatic heterocycles. The molecule has 0 amide bonds.